The van der Waals surface area contributed by atoms with Gasteiger partial charge in [0, 0.05) is 21.8 Å². The Kier molecular flexibility index (Phi) is 4.63. The van der Waals surface area contributed by atoms with Crippen molar-refractivity contribution in [1.29, 1.82) is 0 Å². The molecule has 1 aromatic heterocycles. The van der Waals surface area contributed by atoms with Gasteiger partial charge in [0.25, 0.3) is 0 Å². The Bertz CT molecular complexity index is 422. The number of rotatable bonds is 4. The van der Waals surface area contributed by atoms with E-state index in [2.05, 4.69) is 57.1 Å². The number of thiazole rings is 1. The van der Waals surface area contributed by atoms with Crippen LogP contribution in [0.1, 0.15) is 58.2 Å². The van der Waals surface area contributed by atoms with E-state index in [0.717, 1.165) is 17.5 Å². The van der Waals surface area contributed by atoms with Crippen LogP contribution in [0.4, 0.5) is 0 Å². The molecular weight excluding hydrogens is 272 g/mol. The molecule has 1 N–H and O–H groups in total. The van der Waals surface area contributed by atoms with E-state index in [9.17, 15) is 0 Å². The molecule has 4 heteroatoms. The van der Waals surface area contributed by atoms with Crippen LogP contribution >= 0.6 is 23.1 Å². The number of aromatic nitrogens is 1. The van der Waals surface area contributed by atoms with Gasteiger partial charge in [0.2, 0.25) is 0 Å². The highest BCUT2D eigenvalue weighted by Gasteiger charge is 2.41. The van der Waals surface area contributed by atoms with Gasteiger partial charge < -0.3 is 5.32 Å². The van der Waals surface area contributed by atoms with E-state index in [-0.39, 0.29) is 11.0 Å². The summed E-state index contributed by atoms with van der Waals surface area (Å²) in [6.07, 6.45) is 2.38. The first-order valence-electron chi connectivity index (χ1n) is 7.20. The zero-order valence-electron chi connectivity index (χ0n) is 12.7. The lowest BCUT2D eigenvalue weighted by Crippen LogP contribution is -2.43. The Balaban J connectivity index is 2.26. The zero-order valence-corrected chi connectivity index (χ0v) is 14.4. The molecule has 0 aliphatic carbocycles. The van der Waals surface area contributed by atoms with Gasteiger partial charge in [-0.2, -0.15) is 11.8 Å². The fourth-order valence-electron chi connectivity index (χ4n) is 2.44. The number of nitrogens with one attached hydrogen (secondary N) is 1. The first kappa shape index (κ1) is 15.3. The van der Waals surface area contributed by atoms with E-state index in [0.29, 0.717) is 0 Å². The highest BCUT2D eigenvalue weighted by Crippen LogP contribution is 2.43. The molecule has 0 bridgehead atoms. The van der Waals surface area contributed by atoms with Crippen molar-refractivity contribution in [3.8, 4) is 0 Å². The van der Waals surface area contributed by atoms with Gasteiger partial charge in [-0.1, -0.05) is 34.6 Å². The molecule has 0 aromatic carbocycles. The maximum Gasteiger partial charge on any atom is 0.114 e. The molecule has 1 aliphatic heterocycles. The molecule has 1 saturated heterocycles. The molecular formula is C15H26N2S2. The van der Waals surface area contributed by atoms with Gasteiger partial charge in [0.05, 0.1) is 11.2 Å². The van der Waals surface area contributed by atoms with Gasteiger partial charge >= 0.3 is 0 Å². The van der Waals surface area contributed by atoms with Gasteiger partial charge in [-0.25, -0.2) is 4.98 Å². The molecule has 2 atom stereocenters. The summed E-state index contributed by atoms with van der Waals surface area (Å²) in [5.74, 6) is 1.16. The maximum atomic E-state index is 4.97. The topological polar surface area (TPSA) is 24.9 Å². The second-order valence-corrected chi connectivity index (χ2v) is 8.91. The maximum absolute atomic E-state index is 4.97. The third kappa shape index (κ3) is 3.34. The molecule has 108 valence electrons. The van der Waals surface area contributed by atoms with E-state index in [1.54, 1.807) is 0 Å². The monoisotopic (exact) mass is 298 g/mol. The van der Waals surface area contributed by atoms with Crippen LogP contribution < -0.4 is 5.32 Å². The van der Waals surface area contributed by atoms with Crippen molar-refractivity contribution < 1.29 is 0 Å². The fraction of sp³-hybridized carbons (Fsp3) is 0.800. The van der Waals surface area contributed by atoms with E-state index < -0.39 is 0 Å². The standard InChI is InChI=1S/C15H26N2S2/c1-6-7-16-15(8-11(2)19-10-15)13-17-12(9-18-13)14(3,4)5/h9,11,16H,6-8,10H2,1-5H3. The Hall–Kier alpha value is -0.0600. The predicted molar refractivity (Wildman–Crippen MR) is 87.3 cm³/mol. The Morgan fingerprint density at radius 2 is 2.21 bits per heavy atom. The van der Waals surface area contributed by atoms with E-state index in [4.69, 9.17) is 4.98 Å². The molecule has 0 amide bonds. The summed E-state index contributed by atoms with van der Waals surface area (Å²) in [7, 11) is 0. The molecule has 2 heterocycles. The smallest absolute Gasteiger partial charge is 0.114 e. The molecule has 0 saturated carbocycles. The number of hydrogen-bond acceptors (Lipinski definition) is 4. The Morgan fingerprint density at radius 3 is 2.68 bits per heavy atom. The summed E-state index contributed by atoms with van der Waals surface area (Å²) in [4.78, 5) is 4.97. The van der Waals surface area contributed by atoms with Crippen LogP contribution in [0.15, 0.2) is 5.38 Å². The van der Waals surface area contributed by atoms with Crippen LogP contribution in [0.2, 0.25) is 0 Å². The van der Waals surface area contributed by atoms with Crippen LogP contribution in [0.5, 0.6) is 0 Å². The van der Waals surface area contributed by atoms with Gasteiger partial charge in [-0.15, -0.1) is 11.3 Å². The summed E-state index contributed by atoms with van der Waals surface area (Å²) >= 11 is 3.91. The first-order valence-corrected chi connectivity index (χ1v) is 9.13. The summed E-state index contributed by atoms with van der Waals surface area (Å²) in [6.45, 7) is 12.4. The molecule has 2 nitrogen and oxygen atoms in total. The van der Waals surface area contributed by atoms with Crippen LogP contribution in [-0.4, -0.2) is 22.5 Å². The van der Waals surface area contributed by atoms with Crippen molar-refractivity contribution in [3.63, 3.8) is 0 Å². The first-order chi connectivity index (χ1) is 8.87. The molecule has 2 unspecified atom stereocenters. The van der Waals surface area contributed by atoms with Gasteiger partial charge in [0.15, 0.2) is 0 Å². The van der Waals surface area contributed by atoms with E-state index in [1.807, 2.05) is 11.3 Å². The second-order valence-electron chi connectivity index (χ2n) is 6.62. The molecule has 1 aromatic rings. The molecule has 0 radical (unpaired) electrons. The van der Waals surface area contributed by atoms with E-state index >= 15 is 0 Å². The Labute approximate surface area is 125 Å². The van der Waals surface area contributed by atoms with Crippen LogP contribution in [0.3, 0.4) is 0 Å². The Morgan fingerprint density at radius 1 is 1.47 bits per heavy atom. The molecule has 1 aliphatic rings. The summed E-state index contributed by atoms with van der Waals surface area (Å²) < 4.78 is 0. The van der Waals surface area contributed by atoms with Gasteiger partial charge in [-0.3, -0.25) is 0 Å². The lowest BCUT2D eigenvalue weighted by Gasteiger charge is -2.28. The van der Waals surface area contributed by atoms with Crippen molar-refractivity contribution in [2.75, 3.05) is 12.3 Å². The van der Waals surface area contributed by atoms with Crippen molar-refractivity contribution in [2.24, 2.45) is 0 Å². The molecule has 0 spiro atoms. The van der Waals surface area contributed by atoms with E-state index in [1.165, 1.54) is 23.5 Å². The number of nitrogens with zero attached hydrogens (tertiary/aromatic N) is 1. The summed E-state index contributed by atoms with van der Waals surface area (Å²) in [6, 6.07) is 0. The second kappa shape index (κ2) is 5.74. The largest absolute Gasteiger partial charge is 0.305 e. The average Bonchev–Trinajstić information content (AvgIpc) is 2.93. The van der Waals surface area contributed by atoms with Crippen molar-refractivity contribution in [1.82, 2.24) is 10.3 Å². The van der Waals surface area contributed by atoms with Gasteiger partial charge in [0.1, 0.15) is 5.01 Å². The SMILES string of the molecule is CCCNC1(c2nc(C(C)(C)C)cs2)CSC(C)C1. The third-order valence-electron chi connectivity index (χ3n) is 3.65. The fourth-order valence-corrected chi connectivity index (χ4v) is 5.10. The minimum absolute atomic E-state index is 0.119. The molecule has 2 rings (SSSR count). The minimum Gasteiger partial charge on any atom is -0.305 e. The van der Waals surface area contributed by atoms with Crippen molar-refractivity contribution >= 4 is 23.1 Å². The van der Waals surface area contributed by atoms with Crippen LogP contribution in [0, 0.1) is 0 Å². The third-order valence-corrected chi connectivity index (χ3v) is 6.09. The predicted octanol–water partition coefficient (Wildman–Crippen LogP) is 4.16. The zero-order chi connectivity index (χ0) is 14.1. The highest BCUT2D eigenvalue weighted by molar-refractivity contribution is 8.00. The lowest BCUT2D eigenvalue weighted by atomic mass is 9.92. The molecule has 19 heavy (non-hydrogen) atoms. The van der Waals surface area contributed by atoms with Crippen molar-refractivity contribution in [3.05, 3.63) is 16.1 Å². The summed E-state index contributed by atoms with van der Waals surface area (Å²) in [5, 5.41) is 8.05. The molecule has 1 fully saturated rings. The number of thioether (sulfide) groups is 1. The van der Waals surface area contributed by atoms with Crippen LogP contribution in [0.25, 0.3) is 0 Å². The highest BCUT2D eigenvalue weighted by atomic mass is 32.2. The quantitative estimate of drug-likeness (QED) is 0.903. The summed E-state index contributed by atoms with van der Waals surface area (Å²) in [5.41, 5.74) is 1.50. The van der Waals surface area contributed by atoms with Gasteiger partial charge in [-0.05, 0) is 19.4 Å². The average molecular weight is 299 g/mol. The lowest BCUT2D eigenvalue weighted by molar-refractivity contribution is 0.360. The van der Waals surface area contributed by atoms with Crippen LogP contribution in [-0.2, 0) is 11.0 Å². The number of hydrogen-bond donors (Lipinski definition) is 1. The van der Waals surface area contributed by atoms with Crippen molar-refractivity contribution in [2.45, 2.75) is 63.7 Å². The minimum atomic E-state index is 0.119. The normalized spacial score (nSPS) is 27.9.